The quantitative estimate of drug-likeness (QED) is 0.598. The number of hydrogen-bond donors (Lipinski definition) is 0. The number of furan rings is 1. The van der Waals surface area contributed by atoms with Crippen LogP contribution in [-0.2, 0) is 28.3 Å². The van der Waals surface area contributed by atoms with Crippen LogP contribution in [0.25, 0.3) is 5.00 Å². The summed E-state index contributed by atoms with van der Waals surface area (Å²) in [6.07, 6.45) is 4.71. The Morgan fingerprint density at radius 3 is 2.81 bits per heavy atom. The fourth-order valence-corrected chi connectivity index (χ4v) is 5.39. The molecule has 0 saturated carbocycles. The lowest BCUT2D eigenvalue weighted by Gasteiger charge is -2.12. The Kier molecular flexibility index (Phi) is 5.09. The molecular weight excluding hydrogens is 386 g/mol. The minimum atomic E-state index is -0.563. The van der Waals surface area contributed by atoms with Crippen LogP contribution >= 0.6 is 23.1 Å². The molecule has 4 rings (SSSR count). The molecule has 0 radical (unpaired) electrons. The molecule has 0 saturated heterocycles. The number of thioether (sulfide) groups is 1. The van der Waals surface area contributed by atoms with Gasteiger partial charge in [0.25, 0.3) is 0 Å². The van der Waals surface area contributed by atoms with Crippen molar-refractivity contribution >= 4 is 35.0 Å². The van der Waals surface area contributed by atoms with Gasteiger partial charge in [0.05, 0.1) is 12.7 Å². The van der Waals surface area contributed by atoms with Gasteiger partial charge in [-0.15, -0.1) is 11.3 Å². The van der Waals surface area contributed by atoms with Gasteiger partial charge in [-0.2, -0.15) is 11.8 Å². The van der Waals surface area contributed by atoms with E-state index in [9.17, 15) is 9.59 Å². The second-order valence-corrected chi connectivity index (χ2v) is 8.10. The lowest BCUT2D eigenvalue weighted by Crippen LogP contribution is -2.11. The van der Waals surface area contributed by atoms with Gasteiger partial charge >= 0.3 is 11.9 Å². The third-order valence-corrected chi connectivity index (χ3v) is 6.65. The zero-order valence-corrected chi connectivity index (χ0v) is 16.2. The van der Waals surface area contributed by atoms with Gasteiger partial charge in [0.2, 0.25) is 5.76 Å². The zero-order chi connectivity index (χ0) is 18.8. The zero-order valence-electron chi connectivity index (χ0n) is 14.6. The van der Waals surface area contributed by atoms with Gasteiger partial charge in [-0.05, 0) is 42.0 Å². The van der Waals surface area contributed by atoms with Crippen molar-refractivity contribution in [2.24, 2.45) is 0 Å². The van der Waals surface area contributed by atoms with Gasteiger partial charge in [-0.25, -0.2) is 9.59 Å². The Morgan fingerprint density at radius 1 is 1.22 bits per heavy atom. The van der Waals surface area contributed by atoms with Gasteiger partial charge < -0.3 is 18.5 Å². The van der Waals surface area contributed by atoms with Crippen LogP contribution in [0.5, 0.6) is 0 Å². The molecule has 0 aliphatic carbocycles. The van der Waals surface area contributed by atoms with E-state index in [2.05, 4.69) is 4.74 Å². The molecule has 0 aromatic carbocycles. The number of carbonyl (C=O) groups is 2. The monoisotopic (exact) mass is 403 g/mol. The number of esters is 2. The second-order valence-electron chi connectivity index (χ2n) is 5.91. The van der Waals surface area contributed by atoms with E-state index in [-0.39, 0.29) is 18.3 Å². The van der Waals surface area contributed by atoms with Crippen molar-refractivity contribution in [2.45, 2.75) is 18.8 Å². The molecule has 3 aromatic heterocycles. The summed E-state index contributed by atoms with van der Waals surface area (Å²) >= 11 is 3.51. The molecule has 1 aliphatic heterocycles. The predicted octanol–water partition coefficient (Wildman–Crippen LogP) is 4.06. The molecule has 0 unspecified atom stereocenters. The Hall–Kier alpha value is -2.45. The van der Waals surface area contributed by atoms with E-state index >= 15 is 0 Å². The van der Waals surface area contributed by atoms with Gasteiger partial charge in [-0.3, -0.25) is 0 Å². The van der Waals surface area contributed by atoms with Gasteiger partial charge in [-0.1, -0.05) is 0 Å². The van der Waals surface area contributed by atoms with Gasteiger partial charge in [0.15, 0.2) is 0 Å². The van der Waals surface area contributed by atoms with E-state index in [0.717, 1.165) is 28.5 Å². The van der Waals surface area contributed by atoms with E-state index in [4.69, 9.17) is 9.15 Å². The van der Waals surface area contributed by atoms with Crippen molar-refractivity contribution in [2.75, 3.05) is 12.9 Å². The highest BCUT2D eigenvalue weighted by atomic mass is 32.2. The summed E-state index contributed by atoms with van der Waals surface area (Å²) in [6.45, 7) is -0.0414. The van der Waals surface area contributed by atoms with Crippen molar-refractivity contribution in [3.63, 3.8) is 0 Å². The summed E-state index contributed by atoms with van der Waals surface area (Å²) in [5.41, 5.74) is 1.72. The molecule has 1 aliphatic rings. The third kappa shape index (κ3) is 3.54. The fraction of sp³-hybridized carbons (Fsp3) is 0.263. The van der Waals surface area contributed by atoms with E-state index in [1.807, 2.05) is 40.9 Å². The van der Waals surface area contributed by atoms with E-state index in [0.29, 0.717) is 11.3 Å². The van der Waals surface area contributed by atoms with Crippen molar-refractivity contribution in [3.05, 3.63) is 64.2 Å². The summed E-state index contributed by atoms with van der Waals surface area (Å²) in [5.74, 6) is 1.45. The van der Waals surface area contributed by atoms with Gasteiger partial charge in [0, 0.05) is 23.0 Å². The Bertz CT molecular complexity index is 971. The minimum absolute atomic E-state index is 0.0414. The van der Waals surface area contributed by atoms with Crippen LogP contribution in [0.2, 0.25) is 0 Å². The molecule has 6 nitrogen and oxygen atoms in total. The van der Waals surface area contributed by atoms with E-state index < -0.39 is 5.97 Å². The number of ether oxygens (including phenoxy) is 2. The summed E-state index contributed by atoms with van der Waals surface area (Å²) in [6, 6.07) is 6.97. The van der Waals surface area contributed by atoms with Crippen LogP contribution < -0.4 is 0 Å². The first-order valence-electron chi connectivity index (χ1n) is 8.37. The fourth-order valence-electron chi connectivity index (χ4n) is 2.95. The molecular formula is C19H17NO5S2. The molecule has 3 aromatic rings. The number of hydrogen-bond acceptors (Lipinski definition) is 7. The first-order chi connectivity index (χ1) is 13.2. The normalized spacial score (nSPS) is 13.2. The molecule has 0 bridgehead atoms. The Balaban J connectivity index is 1.57. The lowest BCUT2D eigenvalue weighted by atomic mass is 10.1. The van der Waals surface area contributed by atoms with Crippen LogP contribution in [0.3, 0.4) is 0 Å². The first-order valence-corrected chi connectivity index (χ1v) is 10.3. The highest BCUT2D eigenvalue weighted by molar-refractivity contribution is 7.98. The average Bonchev–Trinajstić information content (AvgIpc) is 3.44. The van der Waals surface area contributed by atoms with Crippen molar-refractivity contribution in [1.82, 2.24) is 4.57 Å². The highest BCUT2D eigenvalue weighted by Gasteiger charge is 2.27. The van der Waals surface area contributed by atoms with Gasteiger partial charge in [0.1, 0.15) is 17.4 Å². The molecule has 8 heteroatoms. The standard InChI is InChI=1S/C19H17NO5S2/c1-23-18(21)14-5-4-12(25-14)10-24-19(22)16-13-6-9-26-11-15(13)27-17(16)20-7-2-3-8-20/h2-5,7-8H,6,9-11H2,1H3. The molecule has 0 atom stereocenters. The maximum atomic E-state index is 12.9. The largest absolute Gasteiger partial charge is 0.463 e. The van der Waals surface area contributed by atoms with Crippen LogP contribution in [0, 0.1) is 0 Å². The number of fused-ring (bicyclic) bond motifs is 1. The lowest BCUT2D eigenvalue weighted by molar-refractivity contribution is 0.0438. The number of rotatable bonds is 5. The molecule has 0 fully saturated rings. The Labute approximate surface area is 164 Å². The maximum Gasteiger partial charge on any atom is 0.373 e. The number of carbonyl (C=O) groups excluding carboxylic acids is 2. The number of aromatic nitrogens is 1. The third-order valence-electron chi connectivity index (χ3n) is 4.24. The molecule has 0 N–H and O–H groups in total. The first kappa shape index (κ1) is 17.9. The SMILES string of the molecule is COC(=O)c1ccc(COC(=O)c2c(-n3cccc3)sc3c2CCSC3)o1. The average molecular weight is 403 g/mol. The van der Waals surface area contributed by atoms with Crippen LogP contribution in [0.15, 0.2) is 41.1 Å². The van der Waals surface area contributed by atoms with Crippen molar-refractivity contribution in [3.8, 4) is 5.00 Å². The Morgan fingerprint density at radius 2 is 2.04 bits per heavy atom. The smallest absolute Gasteiger partial charge is 0.373 e. The second kappa shape index (κ2) is 7.66. The maximum absolute atomic E-state index is 12.9. The molecule has 27 heavy (non-hydrogen) atoms. The van der Waals surface area contributed by atoms with E-state index in [1.165, 1.54) is 18.1 Å². The topological polar surface area (TPSA) is 70.7 Å². The van der Waals surface area contributed by atoms with Crippen LogP contribution in [0.4, 0.5) is 0 Å². The number of thiophene rings is 1. The number of nitrogens with zero attached hydrogens (tertiary/aromatic N) is 1. The summed E-state index contributed by atoms with van der Waals surface area (Å²) in [7, 11) is 1.28. The van der Waals surface area contributed by atoms with Crippen LogP contribution in [-0.4, -0.2) is 29.4 Å². The van der Waals surface area contributed by atoms with Crippen molar-refractivity contribution in [1.29, 1.82) is 0 Å². The minimum Gasteiger partial charge on any atom is -0.463 e. The van der Waals surface area contributed by atoms with Crippen molar-refractivity contribution < 1.29 is 23.5 Å². The highest BCUT2D eigenvalue weighted by Crippen LogP contribution is 2.38. The molecule has 4 heterocycles. The predicted molar refractivity (Wildman–Crippen MR) is 103 cm³/mol. The van der Waals surface area contributed by atoms with E-state index in [1.54, 1.807) is 17.4 Å². The molecule has 0 spiro atoms. The van der Waals surface area contributed by atoms with Crippen LogP contribution in [0.1, 0.15) is 37.1 Å². The molecule has 140 valence electrons. The summed E-state index contributed by atoms with van der Waals surface area (Å²) in [4.78, 5) is 25.6. The number of methoxy groups -OCH3 is 1. The molecule has 0 amide bonds. The summed E-state index contributed by atoms with van der Waals surface area (Å²) in [5, 5.41) is 0.882. The summed E-state index contributed by atoms with van der Waals surface area (Å²) < 4.78 is 17.4.